The third kappa shape index (κ3) is 2.43. The van der Waals surface area contributed by atoms with Crippen molar-refractivity contribution in [2.24, 2.45) is 5.73 Å². The van der Waals surface area contributed by atoms with E-state index < -0.39 is 5.91 Å². The average molecular weight is 297 g/mol. The Kier molecular flexibility index (Phi) is 3.39. The number of nitrogen functional groups attached to an aromatic ring is 1. The summed E-state index contributed by atoms with van der Waals surface area (Å²) in [6.07, 6.45) is 2.37. The molecule has 1 aromatic heterocycles. The number of carbonyl (C=O) groups is 1. The largest absolute Gasteiger partial charge is 0.397 e. The van der Waals surface area contributed by atoms with Crippen LogP contribution in [0.15, 0.2) is 0 Å². The molecule has 1 aromatic rings. The maximum atomic E-state index is 11.5. The molecule has 0 bridgehead atoms. The van der Waals surface area contributed by atoms with Crippen molar-refractivity contribution in [3.63, 3.8) is 0 Å². The van der Waals surface area contributed by atoms with Crippen molar-refractivity contribution in [2.75, 3.05) is 29.5 Å². The number of rotatable bonds is 3. The lowest BCUT2D eigenvalue weighted by atomic mass is 10.1. The molecule has 1 saturated heterocycles. The minimum atomic E-state index is -0.393. The van der Waals surface area contributed by atoms with Gasteiger partial charge >= 0.3 is 0 Å². The number of hydrogen-bond acceptors (Lipinski definition) is 5. The molecule has 6 heteroatoms. The van der Waals surface area contributed by atoms with Crippen LogP contribution in [0.5, 0.6) is 0 Å². The minimum absolute atomic E-state index is 0.393. The van der Waals surface area contributed by atoms with Gasteiger partial charge in [0.15, 0.2) is 0 Å². The number of amides is 1. The average Bonchev–Trinajstić information content (AvgIpc) is 3.12. The van der Waals surface area contributed by atoms with Crippen LogP contribution in [-0.2, 0) is 0 Å². The molecule has 4 N–H and O–H groups in total. The molecule has 0 aromatic carbocycles. The molecular formula is C13H19N3OS2. The first-order chi connectivity index (χ1) is 9.08. The van der Waals surface area contributed by atoms with Crippen molar-refractivity contribution in [1.82, 2.24) is 0 Å². The van der Waals surface area contributed by atoms with Crippen LogP contribution < -0.4 is 16.4 Å². The molecule has 1 unspecified atom stereocenters. The number of thiophene rings is 1. The molecule has 1 saturated carbocycles. The first-order valence-corrected chi connectivity index (χ1v) is 8.53. The van der Waals surface area contributed by atoms with Crippen molar-refractivity contribution in [3.05, 3.63) is 10.4 Å². The minimum Gasteiger partial charge on any atom is -0.397 e. The van der Waals surface area contributed by atoms with Gasteiger partial charge < -0.3 is 16.4 Å². The normalized spacial score (nSPS) is 23.6. The second-order valence-corrected chi connectivity index (χ2v) is 7.88. The molecule has 1 aliphatic heterocycles. The topological polar surface area (TPSA) is 72.3 Å². The third-order valence-corrected chi connectivity index (χ3v) is 6.13. The standard InChI is InChI=1S/C13H19N3OS2/c1-7-6-16(4-5-18-7)13-9(8-2-3-8)10(14)11(19-13)12(15)17/h7-8H,2-6,14H2,1H3,(H2,15,17). The zero-order valence-corrected chi connectivity index (χ0v) is 12.6. The van der Waals surface area contributed by atoms with Crippen molar-refractivity contribution < 1.29 is 4.79 Å². The Labute approximate surface area is 121 Å². The molecule has 1 amide bonds. The van der Waals surface area contributed by atoms with Crippen LogP contribution in [0, 0.1) is 0 Å². The van der Waals surface area contributed by atoms with E-state index in [1.807, 2.05) is 11.8 Å². The number of nitrogens with zero attached hydrogens (tertiary/aromatic N) is 1. The maximum absolute atomic E-state index is 11.5. The molecule has 1 atom stereocenters. The Balaban J connectivity index is 1.99. The summed E-state index contributed by atoms with van der Waals surface area (Å²) < 4.78 is 0. The fourth-order valence-electron chi connectivity index (χ4n) is 2.63. The zero-order chi connectivity index (χ0) is 13.6. The van der Waals surface area contributed by atoms with Gasteiger partial charge in [0.25, 0.3) is 5.91 Å². The number of hydrogen-bond donors (Lipinski definition) is 2. The van der Waals surface area contributed by atoms with Crippen LogP contribution in [-0.4, -0.2) is 30.0 Å². The Hall–Kier alpha value is -0.880. The van der Waals surface area contributed by atoms with Gasteiger partial charge in [-0.25, -0.2) is 0 Å². The summed E-state index contributed by atoms with van der Waals surface area (Å²) in [5, 5.41) is 1.82. The van der Waals surface area contributed by atoms with Gasteiger partial charge in [-0.15, -0.1) is 11.3 Å². The highest BCUT2D eigenvalue weighted by atomic mass is 32.2. The van der Waals surface area contributed by atoms with Gasteiger partial charge in [0.05, 0.1) is 10.7 Å². The van der Waals surface area contributed by atoms with Gasteiger partial charge in [-0.3, -0.25) is 4.79 Å². The highest BCUT2D eigenvalue weighted by Crippen LogP contribution is 2.52. The molecule has 2 heterocycles. The molecule has 0 radical (unpaired) electrons. The van der Waals surface area contributed by atoms with Gasteiger partial charge in [-0.05, 0) is 18.8 Å². The van der Waals surface area contributed by atoms with Crippen molar-refractivity contribution in [3.8, 4) is 0 Å². The van der Waals surface area contributed by atoms with Crippen LogP contribution >= 0.6 is 23.1 Å². The summed E-state index contributed by atoms with van der Waals surface area (Å²) in [5.74, 6) is 1.29. The lowest BCUT2D eigenvalue weighted by molar-refractivity contribution is 0.100. The van der Waals surface area contributed by atoms with E-state index in [0.29, 0.717) is 21.7 Å². The van der Waals surface area contributed by atoms with Gasteiger partial charge in [0.2, 0.25) is 0 Å². The highest BCUT2D eigenvalue weighted by Gasteiger charge is 2.35. The van der Waals surface area contributed by atoms with Crippen LogP contribution in [0.25, 0.3) is 0 Å². The molecule has 2 aliphatic rings. The monoisotopic (exact) mass is 297 g/mol. The Morgan fingerprint density at radius 1 is 1.42 bits per heavy atom. The van der Waals surface area contributed by atoms with E-state index in [0.717, 1.165) is 18.8 Å². The molecule has 4 nitrogen and oxygen atoms in total. The van der Waals surface area contributed by atoms with Crippen LogP contribution in [0.3, 0.4) is 0 Å². The Bertz CT molecular complexity index is 510. The molecule has 19 heavy (non-hydrogen) atoms. The van der Waals surface area contributed by atoms with Gasteiger partial charge in [0.1, 0.15) is 4.88 Å². The summed E-state index contributed by atoms with van der Waals surface area (Å²) in [5.41, 5.74) is 13.4. The summed E-state index contributed by atoms with van der Waals surface area (Å²) in [6, 6.07) is 0. The number of thioether (sulfide) groups is 1. The van der Waals surface area contributed by atoms with E-state index in [4.69, 9.17) is 11.5 Å². The van der Waals surface area contributed by atoms with Crippen molar-refractivity contribution in [2.45, 2.75) is 30.9 Å². The summed E-state index contributed by atoms with van der Waals surface area (Å²) in [6.45, 7) is 4.31. The fraction of sp³-hybridized carbons (Fsp3) is 0.615. The van der Waals surface area contributed by atoms with E-state index in [2.05, 4.69) is 11.8 Å². The molecule has 2 fully saturated rings. The molecular weight excluding hydrogens is 278 g/mol. The SMILES string of the molecule is CC1CN(c2sc(C(N)=O)c(N)c2C2CC2)CCS1. The van der Waals surface area contributed by atoms with Crippen LogP contribution in [0.2, 0.25) is 0 Å². The highest BCUT2D eigenvalue weighted by molar-refractivity contribution is 8.00. The smallest absolute Gasteiger partial charge is 0.260 e. The number of anilines is 2. The lowest BCUT2D eigenvalue weighted by Gasteiger charge is -2.32. The Morgan fingerprint density at radius 2 is 2.16 bits per heavy atom. The van der Waals surface area contributed by atoms with Gasteiger partial charge in [0, 0.05) is 29.7 Å². The predicted octanol–water partition coefficient (Wildman–Crippen LogP) is 2.25. The van der Waals surface area contributed by atoms with E-state index in [9.17, 15) is 4.79 Å². The number of nitrogens with two attached hydrogens (primary N) is 2. The second kappa shape index (κ2) is 4.90. The summed E-state index contributed by atoms with van der Waals surface area (Å²) in [4.78, 5) is 14.4. The van der Waals surface area contributed by atoms with Gasteiger partial charge in [-0.1, -0.05) is 6.92 Å². The van der Waals surface area contributed by atoms with E-state index in [1.165, 1.54) is 34.7 Å². The quantitative estimate of drug-likeness (QED) is 0.897. The lowest BCUT2D eigenvalue weighted by Crippen LogP contribution is -2.36. The zero-order valence-electron chi connectivity index (χ0n) is 11.0. The predicted molar refractivity (Wildman–Crippen MR) is 83.4 cm³/mol. The Morgan fingerprint density at radius 3 is 2.74 bits per heavy atom. The van der Waals surface area contributed by atoms with Crippen molar-refractivity contribution in [1.29, 1.82) is 0 Å². The van der Waals surface area contributed by atoms with E-state index in [1.54, 1.807) is 0 Å². The fourth-order valence-corrected chi connectivity index (χ4v) is 4.84. The maximum Gasteiger partial charge on any atom is 0.260 e. The molecule has 1 aliphatic carbocycles. The second-order valence-electron chi connectivity index (χ2n) is 5.33. The number of primary amides is 1. The molecule has 3 rings (SSSR count). The first-order valence-electron chi connectivity index (χ1n) is 6.66. The van der Waals surface area contributed by atoms with Gasteiger partial charge in [-0.2, -0.15) is 11.8 Å². The molecule has 0 spiro atoms. The van der Waals surface area contributed by atoms with Crippen molar-refractivity contribution >= 4 is 39.7 Å². The third-order valence-electron chi connectivity index (χ3n) is 3.70. The van der Waals surface area contributed by atoms with E-state index in [-0.39, 0.29) is 0 Å². The van der Waals surface area contributed by atoms with Crippen LogP contribution in [0.1, 0.15) is 40.9 Å². The van der Waals surface area contributed by atoms with Crippen LogP contribution in [0.4, 0.5) is 10.7 Å². The van der Waals surface area contributed by atoms with E-state index >= 15 is 0 Å². The first kappa shape index (κ1) is 13.1. The summed E-state index contributed by atoms with van der Waals surface area (Å²) >= 11 is 3.49. The summed E-state index contributed by atoms with van der Waals surface area (Å²) in [7, 11) is 0. The molecule has 104 valence electrons. The number of carbonyl (C=O) groups excluding carboxylic acids is 1.